The first kappa shape index (κ1) is 12.4. The van der Waals surface area contributed by atoms with Gasteiger partial charge in [0, 0.05) is 18.3 Å². The molecule has 1 aliphatic rings. The standard InChI is InChI=1S/C14H20N2S/c1-11-6-5-8-13(10-11)15-14(17)16-9-4-3-7-12(16)2/h5-6,8,10,12H,3-4,7,9H2,1-2H3,(H,15,17)/t12-/m0/s1. The number of aryl methyl sites for hydroxylation is 1. The molecule has 1 aromatic rings. The van der Waals surface area contributed by atoms with Crippen molar-refractivity contribution < 1.29 is 0 Å². The van der Waals surface area contributed by atoms with Gasteiger partial charge in [0.1, 0.15) is 0 Å². The monoisotopic (exact) mass is 248 g/mol. The Labute approximate surface area is 109 Å². The number of likely N-dealkylation sites (tertiary alicyclic amines) is 1. The van der Waals surface area contributed by atoms with Crippen molar-refractivity contribution in [1.29, 1.82) is 0 Å². The minimum atomic E-state index is 0.563. The van der Waals surface area contributed by atoms with E-state index >= 15 is 0 Å². The Morgan fingerprint density at radius 2 is 2.24 bits per heavy atom. The molecule has 0 saturated carbocycles. The van der Waals surface area contributed by atoms with Crippen LogP contribution in [0.2, 0.25) is 0 Å². The fraction of sp³-hybridized carbons (Fsp3) is 0.500. The fourth-order valence-electron chi connectivity index (χ4n) is 2.32. The Hall–Kier alpha value is -1.09. The fourth-order valence-corrected chi connectivity index (χ4v) is 2.71. The van der Waals surface area contributed by atoms with Crippen LogP contribution in [0.4, 0.5) is 5.69 Å². The van der Waals surface area contributed by atoms with Gasteiger partial charge in [0.25, 0.3) is 0 Å². The summed E-state index contributed by atoms with van der Waals surface area (Å²) in [6, 6.07) is 8.90. The maximum absolute atomic E-state index is 5.49. The molecular formula is C14H20N2S. The number of benzene rings is 1. The zero-order valence-electron chi connectivity index (χ0n) is 10.6. The molecule has 17 heavy (non-hydrogen) atoms. The third kappa shape index (κ3) is 3.19. The zero-order valence-corrected chi connectivity index (χ0v) is 11.4. The Bertz CT molecular complexity index is 403. The number of rotatable bonds is 1. The van der Waals surface area contributed by atoms with E-state index in [2.05, 4.69) is 48.3 Å². The molecular weight excluding hydrogens is 228 g/mol. The molecule has 3 heteroatoms. The highest BCUT2D eigenvalue weighted by molar-refractivity contribution is 7.80. The summed E-state index contributed by atoms with van der Waals surface area (Å²) in [6.07, 6.45) is 3.82. The van der Waals surface area contributed by atoms with Crippen LogP contribution in [0.1, 0.15) is 31.7 Å². The summed E-state index contributed by atoms with van der Waals surface area (Å²) in [4.78, 5) is 2.31. The SMILES string of the molecule is Cc1cccc(NC(=S)N2CCCC[C@@H]2C)c1. The summed E-state index contributed by atoms with van der Waals surface area (Å²) in [7, 11) is 0. The molecule has 1 saturated heterocycles. The molecule has 2 rings (SSSR count). The largest absolute Gasteiger partial charge is 0.346 e. The lowest BCUT2D eigenvalue weighted by Crippen LogP contribution is -2.44. The molecule has 0 aromatic heterocycles. The second-order valence-electron chi connectivity index (χ2n) is 4.84. The number of thiocarbonyl (C=S) groups is 1. The van der Waals surface area contributed by atoms with Crippen LogP contribution in [-0.2, 0) is 0 Å². The molecule has 0 aliphatic carbocycles. The smallest absolute Gasteiger partial charge is 0.173 e. The lowest BCUT2D eigenvalue weighted by molar-refractivity contribution is 0.262. The Morgan fingerprint density at radius 3 is 2.94 bits per heavy atom. The number of hydrogen-bond donors (Lipinski definition) is 1. The van der Waals surface area contributed by atoms with E-state index in [-0.39, 0.29) is 0 Å². The van der Waals surface area contributed by atoms with Crippen molar-refractivity contribution in [2.24, 2.45) is 0 Å². The van der Waals surface area contributed by atoms with E-state index in [0.29, 0.717) is 6.04 Å². The van der Waals surface area contributed by atoms with Gasteiger partial charge in [0.05, 0.1) is 0 Å². The highest BCUT2D eigenvalue weighted by atomic mass is 32.1. The number of nitrogens with zero attached hydrogens (tertiary/aromatic N) is 1. The molecule has 1 heterocycles. The van der Waals surface area contributed by atoms with Gasteiger partial charge in [-0.1, -0.05) is 12.1 Å². The lowest BCUT2D eigenvalue weighted by Gasteiger charge is -2.35. The molecule has 1 atom stereocenters. The van der Waals surface area contributed by atoms with Crippen molar-refractivity contribution in [3.05, 3.63) is 29.8 Å². The van der Waals surface area contributed by atoms with Gasteiger partial charge in [-0.2, -0.15) is 0 Å². The molecule has 0 spiro atoms. The summed E-state index contributed by atoms with van der Waals surface area (Å²) in [5.41, 5.74) is 2.34. The van der Waals surface area contributed by atoms with Crippen LogP contribution >= 0.6 is 12.2 Å². The van der Waals surface area contributed by atoms with Crippen molar-refractivity contribution in [3.63, 3.8) is 0 Å². The second-order valence-corrected chi connectivity index (χ2v) is 5.22. The molecule has 0 amide bonds. The summed E-state index contributed by atoms with van der Waals surface area (Å²) in [6.45, 7) is 5.43. The van der Waals surface area contributed by atoms with E-state index in [9.17, 15) is 0 Å². The Morgan fingerprint density at radius 1 is 1.41 bits per heavy atom. The van der Waals surface area contributed by atoms with Gasteiger partial charge in [-0.05, 0) is 63.0 Å². The van der Waals surface area contributed by atoms with Crippen LogP contribution < -0.4 is 5.32 Å². The molecule has 1 aromatic carbocycles. The highest BCUT2D eigenvalue weighted by Crippen LogP contribution is 2.18. The van der Waals surface area contributed by atoms with Crippen LogP contribution in [-0.4, -0.2) is 22.6 Å². The van der Waals surface area contributed by atoms with Gasteiger partial charge in [-0.3, -0.25) is 0 Å². The van der Waals surface area contributed by atoms with Crippen molar-refractivity contribution in [2.75, 3.05) is 11.9 Å². The average molecular weight is 248 g/mol. The Balaban J connectivity index is 2.01. The molecule has 1 aliphatic heterocycles. The first-order valence-electron chi connectivity index (χ1n) is 6.31. The minimum Gasteiger partial charge on any atom is -0.346 e. The normalized spacial score (nSPS) is 20.1. The first-order chi connectivity index (χ1) is 8.16. The van der Waals surface area contributed by atoms with Crippen molar-refractivity contribution >= 4 is 23.0 Å². The van der Waals surface area contributed by atoms with Crippen molar-refractivity contribution in [2.45, 2.75) is 39.2 Å². The van der Waals surface area contributed by atoms with Gasteiger partial charge in [0.2, 0.25) is 0 Å². The summed E-state index contributed by atoms with van der Waals surface area (Å²) in [5.74, 6) is 0. The van der Waals surface area contributed by atoms with Crippen LogP contribution in [0, 0.1) is 6.92 Å². The van der Waals surface area contributed by atoms with Gasteiger partial charge >= 0.3 is 0 Å². The van der Waals surface area contributed by atoms with E-state index in [1.54, 1.807) is 0 Å². The minimum absolute atomic E-state index is 0.563. The molecule has 1 N–H and O–H groups in total. The molecule has 1 fully saturated rings. The third-order valence-electron chi connectivity index (χ3n) is 3.33. The van der Waals surface area contributed by atoms with Crippen LogP contribution in [0.3, 0.4) is 0 Å². The quantitative estimate of drug-likeness (QED) is 0.765. The number of piperidine rings is 1. The Kier molecular flexibility index (Phi) is 4.00. The first-order valence-corrected chi connectivity index (χ1v) is 6.72. The van der Waals surface area contributed by atoms with Gasteiger partial charge < -0.3 is 10.2 Å². The molecule has 0 bridgehead atoms. The molecule has 0 unspecified atom stereocenters. The predicted octanol–water partition coefficient (Wildman–Crippen LogP) is 3.57. The maximum Gasteiger partial charge on any atom is 0.173 e. The van der Waals surface area contributed by atoms with Crippen LogP contribution in [0.15, 0.2) is 24.3 Å². The van der Waals surface area contributed by atoms with Crippen LogP contribution in [0.5, 0.6) is 0 Å². The highest BCUT2D eigenvalue weighted by Gasteiger charge is 2.20. The zero-order chi connectivity index (χ0) is 12.3. The summed E-state index contributed by atoms with van der Waals surface area (Å²) >= 11 is 5.49. The van der Waals surface area contributed by atoms with Crippen molar-refractivity contribution in [3.8, 4) is 0 Å². The van der Waals surface area contributed by atoms with Crippen molar-refractivity contribution in [1.82, 2.24) is 4.90 Å². The van der Waals surface area contributed by atoms with Gasteiger partial charge in [-0.15, -0.1) is 0 Å². The lowest BCUT2D eigenvalue weighted by atomic mass is 10.0. The number of nitrogens with one attached hydrogen (secondary N) is 1. The number of hydrogen-bond acceptors (Lipinski definition) is 1. The summed E-state index contributed by atoms with van der Waals surface area (Å²) in [5, 5.41) is 4.20. The number of anilines is 1. The van der Waals surface area contributed by atoms with E-state index in [1.807, 2.05) is 0 Å². The molecule has 0 radical (unpaired) electrons. The van der Waals surface area contributed by atoms with Gasteiger partial charge in [-0.25, -0.2) is 0 Å². The molecule has 2 nitrogen and oxygen atoms in total. The van der Waals surface area contributed by atoms with E-state index in [4.69, 9.17) is 12.2 Å². The maximum atomic E-state index is 5.49. The van der Waals surface area contributed by atoms with Gasteiger partial charge in [0.15, 0.2) is 5.11 Å². The average Bonchev–Trinajstić information content (AvgIpc) is 2.29. The van der Waals surface area contributed by atoms with E-state index in [0.717, 1.165) is 17.3 Å². The topological polar surface area (TPSA) is 15.3 Å². The second kappa shape index (κ2) is 5.50. The third-order valence-corrected chi connectivity index (χ3v) is 3.67. The van der Waals surface area contributed by atoms with E-state index in [1.165, 1.54) is 24.8 Å². The van der Waals surface area contributed by atoms with E-state index < -0.39 is 0 Å². The predicted molar refractivity (Wildman–Crippen MR) is 77.4 cm³/mol. The summed E-state index contributed by atoms with van der Waals surface area (Å²) < 4.78 is 0. The van der Waals surface area contributed by atoms with Crippen LogP contribution in [0.25, 0.3) is 0 Å². The molecule has 92 valence electrons.